The van der Waals surface area contributed by atoms with E-state index >= 15 is 0 Å². The van der Waals surface area contributed by atoms with Gasteiger partial charge in [-0.15, -0.1) is 0 Å². The molecule has 0 saturated heterocycles. The summed E-state index contributed by atoms with van der Waals surface area (Å²) in [7, 11) is 0. The summed E-state index contributed by atoms with van der Waals surface area (Å²) in [4.78, 5) is 16.9. The van der Waals surface area contributed by atoms with Crippen LogP contribution in [0.5, 0.6) is 0 Å². The smallest absolute Gasteiger partial charge is 0.160 e. The number of aliphatic imine (C=N–C) groups is 1. The SMILES string of the molecule is N#Cc1cnc2c(Nc3ccc(F)c([C@@]4(CF)N=C(N)S[C@@]5(CO)C[C@H]54)c3)ncnc2c1. The molecule has 1 aromatic carbocycles. The molecular formula is C21H17F2N7OS. The highest BCUT2D eigenvalue weighted by Crippen LogP contribution is 2.65. The highest BCUT2D eigenvalue weighted by Gasteiger charge is 2.68. The number of fused-ring (bicyclic) bond motifs is 2. The normalized spacial score (nSPS) is 26.2. The molecule has 4 N–H and O–H groups in total. The molecular weight excluding hydrogens is 436 g/mol. The monoisotopic (exact) mass is 453 g/mol. The summed E-state index contributed by atoms with van der Waals surface area (Å²) < 4.78 is 28.8. The van der Waals surface area contributed by atoms with E-state index in [4.69, 9.17) is 11.0 Å². The van der Waals surface area contributed by atoms with Crippen LogP contribution in [0.25, 0.3) is 11.0 Å². The standard InChI is InChI=1S/C21H17F2N7OS/c22-8-21(16-5-20(16,9-31)32-19(25)30-21)13-4-12(1-2-14(13)23)29-18-17-15(27-10-28-18)3-11(6-24)7-26-17/h1-4,7,10,16,31H,5,8-9H2,(H2,25,30)(H,27,28,29)/t16-,20-,21-/m1/s1. The number of aromatic nitrogens is 3. The van der Waals surface area contributed by atoms with Gasteiger partial charge in [0.05, 0.1) is 22.4 Å². The molecule has 2 aliphatic rings. The molecule has 1 aliphatic carbocycles. The van der Waals surface area contributed by atoms with Crippen LogP contribution in [0.2, 0.25) is 0 Å². The molecule has 5 rings (SSSR count). The van der Waals surface area contributed by atoms with Crippen molar-refractivity contribution in [3.8, 4) is 6.07 Å². The largest absolute Gasteiger partial charge is 0.395 e. The Morgan fingerprint density at radius 3 is 2.91 bits per heavy atom. The third-order valence-corrected chi connectivity index (χ3v) is 7.28. The Morgan fingerprint density at radius 1 is 1.31 bits per heavy atom. The van der Waals surface area contributed by atoms with Crippen LogP contribution in [0.3, 0.4) is 0 Å². The van der Waals surface area contributed by atoms with Gasteiger partial charge in [-0.05, 0) is 30.7 Å². The predicted molar refractivity (Wildman–Crippen MR) is 117 cm³/mol. The number of nitrogens with two attached hydrogens (primary N) is 1. The molecule has 162 valence electrons. The number of nitriles is 1. The predicted octanol–water partition coefficient (Wildman–Crippen LogP) is 2.76. The number of nitrogens with zero attached hydrogens (tertiary/aromatic N) is 5. The van der Waals surface area contributed by atoms with E-state index in [1.807, 2.05) is 6.07 Å². The Labute approximate surface area is 185 Å². The Kier molecular flexibility index (Phi) is 4.72. The van der Waals surface area contributed by atoms with Crippen molar-refractivity contribution in [2.75, 3.05) is 18.6 Å². The van der Waals surface area contributed by atoms with Gasteiger partial charge in [-0.25, -0.2) is 28.7 Å². The third-order valence-electron chi connectivity index (χ3n) is 5.99. The van der Waals surface area contributed by atoms with Crippen molar-refractivity contribution in [2.24, 2.45) is 16.6 Å². The highest BCUT2D eigenvalue weighted by atomic mass is 32.2. The van der Waals surface area contributed by atoms with Crippen LogP contribution in [0.15, 0.2) is 41.8 Å². The van der Waals surface area contributed by atoms with Gasteiger partial charge in [-0.2, -0.15) is 5.26 Å². The lowest BCUT2D eigenvalue weighted by atomic mass is 9.84. The number of anilines is 2. The summed E-state index contributed by atoms with van der Waals surface area (Å²) in [5, 5.41) is 22.1. The first-order chi connectivity index (χ1) is 15.4. The molecule has 3 aromatic rings. The lowest BCUT2D eigenvalue weighted by molar-refractivity contribution is 0.231. The van der Waals surface area contributed by atoms with Crippen molar-refractivity contribution < 1.29 is 13.9 Å². The lowest BCUT2D eigenvalue weighted by Gasteiger charge is -2.34. The van der Waals surface area contributed by atoms with Crippen LogP contribution in [0.1, 0.15) is 17.5 Å². The molecule has 2 aromatic heterocycles. The summed E-state index contributed by atoms with van der Waals surface area (Å²) in [6.07, 6.45) is 3.22. The molecule has 0 amide bonds. The minimum atomic E-state index is -1.51. The van der Waals surface area contributed by atoms with Gasteiger partial charge in [0.15, 0.2) is 11.0 Å². The highest BCUT2D eigenvalue weighted by molar-refractivity contribution is 8.15. The summed E-state index contributed by atoms with van der Waals surface area (Å²) in [5.41, 5.74) is 6.20. The fourth-order valence-corrected chi connectivity index (χ4v) is 5.60. The van der Waals surface area contributed by atoms with Gasteiger partial charge in [0.25, 0.3) is 0 Å². The van der Waals surface area contributed by atoms with Crippen LogP contribution in [0.4, 0.5) is 20.3 Å². The number of halogens is 2. The number of hydrogen-bond acceptors (Lipinski definition) is 9. The second kappa shape index (κ2) is 7.36. The molecule has 32 heavy (non-hydrogen) atoms. The zero-order valence-corrected chi connectivity index (χ0v) is 17.4. The molecule has 1 saturated carbocycles. The Hall–Kier alpha value is -3.36. The molecule has 0 bridgehead atoms. The van der Waals surface area contributed by atoms with Gasteiger partial charge in [0, 0.05) is 23.4 Å². The summed E-state index contributed by atoms with van der Waals surface area (Å²) >= 11 is 1.22. The lowest BCUT2D eigenvalue weighted by Crippen LogP contribution is -2.41. The zero-order chi connectivity index (χ0) is 22.5. The first kappa shape index (κ1) is 20.5. The first-order valence-electron chi connectivity index (χ1n) is 9.74. The number of nitrogens with one attached hydrogen (secondary N) is 1. The molecule has 0 spiro atoms. The van der Waals surface area contributed by atoms with E-state index < -0.39 is 22.8 Å². The van der Waals surface area contributed by atoms with Crippen molar-refractivity contribution in [1.29, 1.82) is 5.26 Å². The summed E-state index contributed by atoms with van der Waals surface area (Å²) in [5.74, 6) is -0.637. The number of amidine groups is 1. The molecule has 3 heterocycles. The van der Waals surface area contributed by atoms with E-state index in [1.165, 1.54) is 42.5 Å². The van der Waals surface area contributed by atoms with Gasteiger partial charge < -0.3 is 16.2 Å². The molecule has 3 atom stereocenters. The molecule has 0 unspecified atom stereocenters. The van der Waals surface area contributed by atoms with Gasteiger partial charge in [-0.1, -0.05) is 11.8 Å². The number of pyridine rings is 1. The van der Waals surface area contributed by atoms with Crippen molar-refractivity contribution >= 4 is 39.5 Å². The average Bonchev–Trinajstić information content (AvgIpc) is 3.55. The Bertz CT molecular complexity index is 1310. The second-order valence-corrected chi connectivity index (χ2v) is 9.27. The first-order valence-corrected chi connectivity index (χ1v) is 10.6. The minimum absolute atomic E-state index is 0.0617. The van der Waals surface area contributed by atoms with Crippen molar-refractivity contribution in [3.05, 3.63) is 53.7 Å². The van der Waals surface area contributed by atoms with E-state index in [-0.39, 0.29) is 23.3 Å². The van der Waals surface area contributed by atoms with Crippen LogP contribution >= 0.6 is 11.8 Å². The van der Waals surface area contributed by atoms with Gasteiger partial charge in [0.2, 0.25) is 0 Å². The van der Waals surface area contributed by atoms with Crippen LogP contribution in [0, 0.1) is 23.1 Å². The van der Waals surface area contributed by atoms with Crippen molar-refractivity contribution in [3.63, 3.8) is 0 Å². The number of hydrogen-bond donors (Lipinski definition) is 3. The molecule has 0 radical (unpaired) electrons. The third kappa shape index (κ3) is 3.06. The van der Waals surface area contributed by atoms with Gasteiger partial charge in [0.1, 0.15) is 35.9 Å². The number of alkyl halides is 1. The maximum absolute atomic E-state index is 15.0. The number of aliphatic hydroxyl groups is 1. The number of benzene rings is 1. The van der Waals surface area contributed by atoms with Crippen LogP contribution < -0.4 is 11.1 Å². The minimum Gasteiger partial charge on any atom is -0.395 e. The maximum atomic E-state index is 15.0. The number of aliphatic hydroxyl groups excluding tert-OH is 1. The van der Waals surface area contributed by atoms with Crippen molar-refractivity contribution in [2.45, 2.75) is 16.7 Å². The maximum Gasteiger partial charge on any atom is 0.160 e. The van der Waals surface area contributed by atoms with Gasteiger partial charge >= 0.3 is 0 Å². The molecule has 1 fully saturated rings. The van der Waals surface area contributed by atoms with E-state index in [0.717, 1.165) is 0 Å². The van der Waals surface area contributed by atoms with Crippen molar-refractivity contribution in [1.82, 2.24) is 15.0 Å². The fraction of sp³-hybridized carbons (Fsp3) is 0.286. The molecule has 1 aliphatic heterocycles. The second-order valence-electron chi connectivity index (χ2n) is 7.84. The average molecular weight is 453 g/mol. The quantitative estimate of drug-likeness (QED) is 0.537. The Morgan fingerprint density at radius 2 is 2.16 bits per heavy atom. The topological polar surface area (TPSA) is 133 Å². The Balaban J connectivity index is 1.57. The van der Waals surface area contributed by atoms with E-state index in [9.17, 15) is 13.9 Å². The van der Waals surface area contributed by atoms with E-state index in [0.29, 0.717) is 34.5 Å². The van der Waals surface area contributed by atoms with Gasteiger partial charge in [-0.3, -0.25) is 0 Å². The van der Waals surface area contributed by atoms with E-state index in [2.05, 4.69) is 25.3 Å². The number of rotatable bonds is 5. The van der Waals surface area contributed by atoms with Crippen LogP contribution in [-0.2, 0) is 5.54 Å². The summed E-state index contributed by atoms with van der Waals surface area (Å²) in [6, 6.07) is 7.81. The van der Waals surface area contributed by atoms with Crippen LogP contribution in [-0.4, -0.2) is 43.3 Å². The van der Waals surface area contributed by atoms with E-state index in [1.54, 1.807) is 6.07 Å². The number of thioether (sulfide) groups is 1. The molecule has 8 nitrogen and oxygen atoms in total. The summed E-state index contributed by atoms with van der Waals surface area (Å²) in [6.45, 7) is -1.14. The fourth-order valence-electron chi connectivity index (χ4n) is 4.33. The molecule has 11 heteroatoms. The zero-order valence-electron chi connectivity index (χ0n) is 16.6.